The first-order chi connectivity index (χ1) is 31.8. The van der Waals surface area contributed by atoms with E-state index < -0.39 is 0 Å². The average molecular weight is 932 g/mol. The fourth-order valence-electron chi connectivity index (χ4n) is 6.39. The van der Waals surface area contributed by atoms with Gasteiger partial charge in [-0.3, -0.25) is 9.59 Å². The summed E-state index contributed by atoms with van der Waals surface area (Å²) in [6, 6.07) is 66.2. The Labute approximate surface area is 393 Å². The van der Waals surface area contributed by atoms with Gasteiger partial charge in [0.05, 0.1) is 0 Å². The van der Waals surface area contributed by atoms with Crippen LogP contribution in [0.4, 0.5) is 43.7 Å². The lowest BCUT2D eigenvalue weighted by molar-refractivity contribution is 0.103. The second-order valence-corrected chi connectivity index (χ2v) is 14.8. The number of hydrogen-bond acceptors (Lipinski definition) is 6. The number of hydrogen-bond donors (Lipinski definition) is 6. The fraction of sp³-hybridized carbons (Fsp3) is 0.0370. The molecule has 11 heteroatoms. The molecule has 0 spiro atoms. The van der Waals surface area contributed by atoms with Crippen LogP contribution in [0.3, 0.4) is 0 Å². The first-order valence-electron chi connectivity index (χ1n) is 20.6. The van der Waals surface area contributed by atoms with Crippen LogP contribution in [0.15, 0.2) is 218 Å². The number of alkyl halides is 1. The van der Waals surface area contributed by atoms with Gasteiger partial charge in [-0.25, -0.2) is 9.59 Å². The summed E-state index contributed by atoms with van der Waals surface area (Å²) >= 11 is 3.39. The van der Waals surface area contributed by atoms with Crippen molar-refractivity contribution in [1.29, 1.82) is 0 Å². The molecule has 8 aromatic carbocycles. The molecule has 0 saturated heterocycles. The number of carbonyl (C=O) groups is 4. The number of carbonyl (C=O) groups excluding carboxylic acids is 4. The summed E-state index contributed by atoms with van der Waals surface area (Å²) in [6.45, 7) is 0.445. The largest absolute Gasteiger partial charge is 0.398 e. The third kappa shape index (κ3) is 14.1. The molecule has 0 fully saturated rings. The summed E-state index contributed by atoms with van der Waals surface area (Å²) < 4.78 is 0. The van der Waals surface area contributed by atoms with Crippen molar-refractivity contribution in [2.45, 2.75) is 11.9 Å². The quantitative estimate of drug-likeness (QED) is 0.0407. The number of urea groups is 2. The Morgan fingerprint density at radius 2 is 0.769 bits per heavy atom. The highest BCUT2D eigenvalue weighted by Crippen LogP contribution is 2.23. The van der Waals surface area contributed by atoms with E-state index in [0.29, 0.717) is 51.2 Å². The number of rotatable bonds is 12. The van der Waals surface area contributed by atoms with E-state index in [1.165, 1.54) is 0 Å². The molecule has 0 atom stereocenters. The highest BCUT2D eigenvalue weighted by atomic mass is 79.9. The summed E-state index contributed by atoms with van der Waals surface area (Å²) in [7, 11) is 0. The summed E-state index contributed by atoms with van der Waals surface area (Å²) in [5.74, 6) is -0.0731. The molecule has 0 bridgehead atoms. The van der Waals surface area contributed by atoms with Crippen molar-refractivity contribution in [1.82, 2.24) is 0 Å². The molecule has 8 aromatic rings. The van der Waals surface area contributed by atoms with Gasteiger partial charge >= 0.3 is 12.1 Å². The molecule has 0 heterocycles. The van der Waals surface area contributed by atoms with Gasteiger partial charge in [0.15, 0.2) is 11.6 Å². The molecule has 332 valence electrons. The lowest BCUT2D eigenvalue weighted by Crippen LogP contribution is -2.20. The van der Waals surface area contributed by atoms with Crippen LogP contribution < -0.4 is 32.3 Å². The van der Waals surface area contributed by atoms with E-state index >= 15 is 0 Å². The average Bonchev–Trinajstić information content (AvgIpc) is 3.35. The Balaban J connectivity index is 0.000000377. The highest BCUT2D eigenvalue weighted by Gasteiger charge is 2.14. The van der Waals surface area contributed by atoms with E-state index in [4.69, 9.17) is 5.73 Å². The van der Waals surface area contributed by atoms with Gasteiger partial charge in [-0.05, 0) is 71.8 Å². The molecular weight excluding hydrogens is 877 g/mol. The molecule has 7 N–H and O–H groups in total. The molecule has 0 aliphatic carbocycles. The smallest absolute Gasteiger partial charge is 0.323 e. The van der Waals surface area contributed by atoms with E-state index in [9.17, 15) is 19.2 Å². The molecule has 10 nitrogen and oxygen atoms in total. The molecule has 65 heavy (non-hydrogen) atoms. The number of nitrogens with one attached hydrogen (secondary N) is 5. The molecule has 0 aliphatic rings. The Kier molecular flexibility index (Phi) is 17.3. The van der Waals surface area contributed by atoms with Crippen LogP contribution in [0.1, 0.15) is 48.7 Å². The van der Waals surface area contributed by atoms with Crippen molar-refractivity contribution in [2.75, 3.05) is 32.3 Å². The number of para-hydroxylation sites is 6. The number of ketones is 2. The van der Waals surface area contributed by atoms with Crippen LogP contribution in [0.5, 0.6) is 0 Å². The Hall–Kier alpha value is -8.28. The molecule has 4 amide bonds. The van der Waals surface area contributed by atoms with Crippen molar-refractivity contribution >= 4 is 73.7 Å². The van der Waals surface area contributed by atoms with E-state index in [0.717, 1.165) is 28.2 Å². The van der Waals surface area contributed by atoms with E-state index in [1.54, 1.807) is 24.3 Å². The van der Waals surface area contributed by atoms with Crippen LogP contribution in [0, 0.1) is 0 Å². The Morgan fingerprint density at radius 3 is 1.26 bits per heavy atom. The summed E-state index contributed by atoms with van der Waals surface area (Å²) in [5.41, 5.74) is 14.4. The van der Waals surface area contributed by atoms with Crippen LogP contribution in [0.2, 0.25) is 0 Å². The van der Waals surface area contributed by atoms with Crippen molar-refractivity contribution in [3.63, 3.8) is 0 Å². The maximum absolute atomic E-state index is 13.0. The Bertz CT molecular complexity index is 2810. The van der Waals surface area contributed by atoms with E-state index in [-0.39, 0.29) is 29.3 Å². The van der Waals surface area contributed by atoms with E-state index in [1.807, 2.05) is 194 Å². The minimum Gasteiger partial charge on any atom is -0.398 e. The second kappa shape index (κ2) is 24.4. The number of halogens is 1. The summed E-state index contributed by atoms with van der Waals surface area (Å²) in [5, 5.41) is 15.4. The van der Waals surface area contributed by atoms with Crippen molar-refractivity contribution in [3.8, 4) is 0 Å². The number of nitrogen functional groups attached to an aromatic ring is 1. The predicted octanol–water partition coefficient (Wildman–Crippen LogP) is 13.9. The van der Waals surface area contributed by atoms with Crippen LogP contribution in [0.25, 0.3) is 0 Å². The van der Waals surface area contributed by atoms with Crippen LogP contribution >= 0.6 is 15.9 Å². The van der Waals surface area contributed by atoms with Crippen molar-refractivity contribution in [3.05, 3.63) is 252 Å². The second-order valence-electron chi connectivity index (χ2n) is 14.2. The lowest BCUT2D eigenvalue weighted by Gasteiger charge is -2.15. The topological polar surface area (TPSA) is 154 Å². The van der Waals surface area contributed by atoms with Crippen molar-refractivity contribution in [2.24, 2.45) is 0 Å². The molecule has 0 aliphatic heterocycles. The van der Waals surface area contributed by atoms with Crippen molar-refractivity contribution < 1.29 is 24.9 Å². The van der Waals surface area contributed by atoms with Gasteiger partial charge in [-0.2, -0.15) is 0 Å². The standard InChI is InChI=1S/C27H23N3O2.C14H13BrN2O.C13H11NO.4H2/c31-26(20-11-3-1-4-12-20)23-16-8-10-18-25(23)28-19-21-13-7-9-17-24(21)30-27(32)29-22-14-5-2-6-15-22;15-10-11-6-4-5-9-13(11)17-14(18)16-12-7-2-1-3-8-12;14-12-9-5-4-8-11(12)13(15)10-6-2-1-3-7-10;;;;/h1-18,28H,19H2,(H2,29,30,32);1-9H,10H2,(H2,16,17,18);1-9H,14H2;4*1H. The zero-order chi connectivity index (χ0) is 45.6. The first-order valence-corrected chi connectivity index (χ1v) is 21.8. The van der Waals surface area contributed by atoms with Gasteiger partial charge in [0.1, 0.15) is 0 Å². The van der Waals surface area contributed by atoms with Gasteiger partial charge in [0.2, 0.25) is 0 Å². The summed E-state index contributed by atoms with van der Waals surface area (Å²) in [6.07, 6.45) is 0. The number of anilines is 6. The zero-order valence-corrected chi connectivity index (χ0v) is 36.9. The van der Waals surface area contributed by atoms with Gasteiger partial charge in [0, 0.05) is 74.0 Å². The summed E-state index contributed by atoms with van der Waals surface area (Å²) in [4.78, 5) is 49.2. The minimum absolute atomic E-state index is 0. The number of amides is 4. The third-order valence-electron chi connectivity index (χ3n) is 9.66. The molecule has 0 saturated carbocycles. The predicted molar refractivity (Wildman–Crippen MR) is 277 cm³/mol. The molecule has 0 radical (unpaired) electrons. The molecule has 0 unspecified atom stereocenters. The normalized spacial score (nSPS) is 10.0. The van der Waals surface area contributed by atoms with Gasteiger partial charge < -0.3 is 32.3 Å². The lowest BCUT2D eigenvalue weighted by atomic mass is 10.0. The van der Waals surface area contributed by atoms with Gasteiger partial charge in [0.25, 0.3) is 0 Å². The SMILES string of the molecule is Nc1ccccc1C(=O)c1ccccc1.O=C(Nc1ccccc1)Nc1ccccc1CBr.O=C(Nc1ccccc1)Nc1ccccc1CNc1ccccc1C(=O)c1ccccc1.[HH].[HH].[HH].[HH]. The zero-order valence-electron chi connectivity index (χ0n) is 35.3. The highest BCUT2D eigenvalue weighted by molar-refractivity contribution is 9.08. The fourth-order valence-corrected chi connectivity index (χ4v) is 6.88. The number of benzene rings is 8. The maximum atomic E-state index is 13.0. The third-order valence-corrected chi connectivity index (χ3v) is 10.3. The number of nitrogens with two attached hydrogens (primary N) is 1. The maximum Gasteiger partial charge on any atom is 0.323 e. The first kappa shape index (κ1) is 46.2. The van der Waals surface area contributed by atoms with Gasteiger partial charge in [-0.1, -0.05) is 174 Å². The Morgan fingerprint density at radius 1 is 0.400 bits per heavy atom. The van der Waals surface area contributed by atoms with E-state index in [2.05, 4.69) is 42.5 Å². The molecule has 0 aromatic heterocycles. The molecule has 8 rings (SSSR count). The van der Waals surface area contributed by atoms with Crippen LogP contribution in [-0.4, -0.2) is 23.6 Å². The monoisotopic (exact) mass is 930 g/mol. The van der Waals surface area contributed by atoms with Gasteiger partial charge in [-0.15, -0.1) is 0 Å². The minimum atomic E-state index is -0.316. The molecular formula is C54H55BrN6O4. The van der Waals surface area contributed by atoms with Crippen LogP contribution in [-0.2, 0) is 11.9 Å².